The average molecular weight is 405 g/mol. The van der Waals surface area contributed by atoms with Crippen molar-refractivity contribution >= 4 is 31.9 Å². The molecular weight excluding hydrogens is 382 g/mol. The van der Waals surface area contributed by atoms with Crippen molar-refractivity contribution in [1.29, 1.82) is 0 Å². The van der Waals surface area contributed by atoms with E-state index in [0.717, 1.165) is 33.7 Å². The number of rotatable bonds is 7. The molecule has 0 atom stereocenters. The van der Waals surface area contributed by atoms with E-state index in [1.807, 2.05) is 6.92 Å². The van der Waals surface area contributed by atoms with Crippen molar-refractivity contribution in [2.45, 2.75) is 40.2 Å². The van der Waals surface area contributed by atoms with Crippen molar-refractivity contribution in [2.75, 3.05) is 13.2 Å². The zero-order valence-electron chi connectivity index (χ0n) is 12.4. The standard InChI is InChI=1S/C16H23Br2NO/c1-4-20-15-13(17)7-12(8-14(15)18)9-19-10-16(5-6-16)11(2)3/h7-8,11,19H,4-6,9-10H2,1-3H3. The van der Waals surface area contributed by atoms with Crippen LogP contribution in [-0.2, 0) is 6.54 Å². The van der Waals surface area contributed by atoms with Gasteiger partial charge in [-0.25, -0.2) is 0 Å². The molecule has 20 heavy (non-hydrogen) atoms. The maximum atomic E-state index is 5.61. The Balaban J connectivity index is 1.94. The molecule has 1 saturated carbocycles. The fourth-order valence-electron chi connectivity index (χ4n) is 2.57. The lowest BCUT2D eigenvalue weighted by atomic mass is 9.92. The van der Waals surface area contributed by atoms with Crippen molar-refractivity contribution in [3.8, 4) is 5.75 Å². The molecule has 1 aliphatic carbocycles. The summed E-state index contributed by atoms with van der Waals surface area (Å²) in [7, 11) is 0. The molecule has 0 unspecified atom stereocenters. The molecule has 0 radical (unpaired) electrons. The lowest BCUT2D eigenvalue weighted by Crippen LogP contribution is -2.27. The van der Waals surface area contributed by atoms with Crippen molar-refractivity contribution in [2.24, 2.45) is 11.3 Å². The highest BCUT2D eigenvalue weighted by Crippen LogP contribution is 2.51. The molecule has 0 spiro atoms. The van der Waals surface area contributed by atoms with Gasteiger partial charge in [-0.05, 0) is 80.7 Å². The van der Waals surface area contributed by atoms with Crippen LogP contribution in [0.1, 0.15) is 39.2 Å². The molecule has 0 aliphatic heterocycles. The summed E-state index contributed by atoms with van der Waals surface area (Å²) in [6.45, 7) is 9.35. The quantitative estimate of drug-likeness (QED) is 0.679. The summed E-state index contributed by atoms with van der Waals surface area (Å²) in [4.78, 5) is 0. The predicted molar refractivity (Wildman–Crippen MR) is 91.2 cm³/mol. The van der Waals surface area contributed by atoms with Crippen molar-refractivity contribution in [3.63, 3.8) is 0 Å². The van der Waals surface area contributed by atoms with E-state index in [1.165, 1.54) is 18.4 Å². The Morgan fingerprint density at radius 3 is 2.30 bits per heavy atom. The zero-order valence-corrected chi connectivity index (χ0v) is 15.6. The predicted octanol–water partition coefficient (Wildman–Crippen LogP) is 5.14. The molecule has 2 rings (SSSR count). The topological polar surface area (TPSA) is 21.3 Å². The molecular formula is C16H23Br2NO. The first kappa shape index (κ1) is 16.3. The number of hydrogen-bond acceptors (Lipinski definition) is 2. The van der Waals surface area contributed by atoms with Crippen LogP contribution in [-0.4, -0.2) is 13.2 Å². The summed E-state index contributed by atoms with van der Waals surface area (Å²) in [5.74, 6) is 1.66. The Labute approximate surface area is 138 Å². The van der Waals surface area contributed by atoms with Crippen LogP contribution < -0.4 is 10.1 Å². The van der Waals surface area contributed by atoms with Gasteiger partial charge in [0.25, 0.3) is 0 Å². The van der Waals surface area contributed by atoms with Gasteiger partial charge in [-0.2, -0.15) is 0 Å². The van der Waals surface area contributed by atoms with Crippen LogP contribution in [0.25, 0.3) is 0 Å². The fourth-order valence-corrected chi connectivity index (χ4v) is 4.08. The second-order valence-electron chi connectivity index (χ2n) is 5.94. The molecule has 1 aliphatic rings. The second-order valence-corrected chi connectivity index (χ2v) is 7.65. The summed E-state index contributed by atoms with van der Waals surface area (Å²) in [5, 5.41) is 3.61. The summed E-state index contributed by atoms with van der Waals surface area (Å²) < 4.78 is 7.63. The van der Waals surface area contributed by atoms with Crippen LogP contribution in [0.4, 0.5) is 0 Å². The van der Waals surface area contributed by atoms with Gasteiger partial charge in [0.2, 0.25) is 0 Å². The molecule has 112 valence electrons. The number of ether oxygens (including phenoxy) is 1. The molecule has 1 fully saturated rings. The van der Waals surface area contributed by atoms with Gasteiger partial charge in [-0.15, -0.1) is 0 Å². The van der Waals surface area contributed by atoms with E-state index in [2.05, 4.69) is 63.2 Å². The smallest absolute Gasteiger partial charge is 0.147 e. The van der Waals surface area contributed by atoms with Crippen LogP contribution in [0.3, 0.4) is 0 Å². The number of halogens is 2. The van der Waals surface area contributed by atoms with Gasteiger partial charge in [0.05, 0.1) is 15.6 Å². The van der Waals surface area contributed by atoms with E-state index in [-0.39, 0.29) is 0 Å². The van der Waals surface area contributed by atoms with Crippen LogP contribution in [0.5, 0.6) is 5.75 Å². The summed E-state index contributed by atoms with van der Waals surface area (Å²) >= 11 is 7.17. The van der Waals surface area contributed by atoms with Gasteiger partial charge in [0.1, 0.15) is 5.75 Å². The van der Waals surface area contributed by atoms with Gasteiger partial charge < -0.3 is 10.1 Å². The van der Waals surface area contributed by atoms with Crippen molar-refractivity contribution in [3.05, 3.63) is 26.6 Å². The average Bonchev–Trinajstić information content (AvgIpc) is 3.15. The minimum atomic E-state index is 0.555. The lowest BCUT2D eigenvalue weighted by molar-refractivity contribution is 0.334. The van der Waals surface area contributed by atoms with Crippen molar-refractivity contribution in [1.82, 2.24) is 5.32 Å². The fraction of sp³-hybridized carbons (Fsp3) is 0.625. The molecule has 0 amide bonds. The highest BCUT2D eigenvalue weighted by molar-refractivity contribution is 9.11. The molecule has 4 heteroatoms. The van der Waals surface area contributed by atoms with Gasteiger partial charge >= 0.3 is 0 Å². The Morgan fingerprint density at radius 2 is 1.85 bits per heavy atom. The Kier molecular flexibility index (Phi) is 5.55. The monoisotopic (exact) mass is 403 g/mol. The van der Waals surface area contributed by atoms with E-state index in [1.54, 1.807) is 0 Å². The molecule has 0 saturated heterocycles. The van der Waals surface area contributed by atoms with E-state index in [0.29, 0.717) is 12.0 Å². The number of benzene rings is 1. The van der Waals surface area contributed by atoms with Crippen LogP contribution in [0.2, 0.25) is 0 Å². The number of nitrogens with one attached hydrogen (secondary N) is 1. The summed E-state index contributed by atoms with van der Waals surface area (Å²) in [5.41, 5.74) is 1.83. The molecule has 0 bridgehead atoms. The highest BCUT2D eigenvalue weighted by atomic mass is 79.9. The van der Waals surface area contributed by atoms with Gasteiger partial charge in [0.15, 0.2) is 0 Å². The zero-order chi connectivity index (χ0) is 14.8. The second kappa shape index (κ2) is 6.80. The van der Waals surface area contributed by atoms with E-state index < -0.39 is 0 Å². The first-order chi connectivity index (χ1) is 9.48. The van der Waals surface area contributed by atoms with Crippen LogP contribution in [0, 0.1) is 11.3 Å². The maximum Gasteiger partial charge on any atom is 0.147 e. The Bertz CT molecular complexity index is 447. The molecule has 0 aromatic heterocycles. The van der Waals surface area contributed by atoms with Crippen LogP contribution in [0.15, 0.2) is 21.1 Å². The lowest BCUT2D eigenvalue weighted by Gasteiger charge is -2.20. The summed E-state index contributed by atoms with van der Waals surface area (Å²) in [6, 6.07) is 4.27. The third kappa shape index (κ3) is 3.77. The van der Waals surface area contributed by atoms with Crippen LogP contribution >= 0.6 is 31.9 Å². The largest absolute Gasteiger partial charge is 0.492 e. The van der Waals surface area contributed by atoms with E-state index >= 15 is 0 Å². The molecule has 1 aromatic carbocycles. The minimum absolute atomic E-state index is 0.555. The summed E-state index contributed by atoms with van der Waals surface area (Å²) in [6.07, 6.45) is 2.74. The molecule has 0 heterocycles. The van der Waals surface area contributed by atoms with E-state index in [4.69, 9.17) is 4.74 Å². The third-order valence-corrected chi connectivity index (χ3v) is 5.45. The molecule has 2 nitrogen and oxygen atoms in total. The molecule has 1 aromatic rings. The van der Waals surface area contributed by atoms with Crippen molar-refractivity contribution < 1.29 is 4.74 Å². The maximum absolute atomic E-state index is 5.61. The van der Waals surface area contributed by atoms with E-state index in [9.17, 15) is 0 Å². The van der Waals surface area contributed by atoms with Gasteiger partial charge in [-0.3, -0.25) is 0 Å². The molecule has 1 N–H and O–H groups in total. The minimum Gasteiger partial charge on any atom is -0.492 e. The Morgan fingerprint density at radius 1 is 1.25 bits per heavy atom. The first-order valence-corrected chi connectivity index (χ1v) is 8.88. The third-order valence-electron chi connectivity index (χ3n) is 4.27. The Hall–Kier alpha value is -0.0600. The highest BCUT2D eigenvalue weighted by Gasteiger charge is 2.44. The first-order valence-electron chi connectivity index (χ1n) is 7.30. The normalized spacial score (nSPS) is 16.5. The van der Waals surface area contributed by atoms with Gasteiger partial charge in [0, 0.05) is 13.1 Å². The van der Waals surface area contributed by atoms with Gasteiger partial charge in [-0.1, -0.05) is 13.8 Å². The number of hydrogen-bond donors (Lipinski definition) is 1. The SMILES string of the molecule is CCOc1c(Br)cc(CNCC2(C(C)C)CC2)cc1Br.